The summed E-state index contributed by atoms with van der Waals surface area (Å²) in [4.78, 5) is 56.6. The van der Waals surface area contributed by atoms with Gasteiger partial charge in [-0.05, 0) is 30.3 Å². The molecule has 0 bridgehead atoms. The molecule has 0 radical (unpaired) electrons. The van der Waals surface area contributed by atoms with Gasteiger partial charge in [0.15, 0.2) is 40.1 Å². The summed E-state index contributed by atoms with van der Waals surface area (Å²) in [6.45, 7) is 0. The van der Waals surface area contributed by atoms with E-state index >= 15 is 0 Å². The summed E-state index contributed by atoms with van der Waals surface area (Å²) >= 11 is 0. The molecule has 0 fully saturated rings. The molecule has 12 aromatic rings. The maximum absolute atomic E-state index is 5.16. The van der Waals surface area contributed by atoms with Gasteiger partial charge in [-0.1, -0.05) is 36.4 Å². The lowest BCUT2D eigenvalue weighted by molar-refractivity contribution is 0.943. The summed E-state index contributed by atoms with van der Waals surface area (Å²) in [5, 5.41) is 4.17. The van der Waals surface area contributed by atoms with Gasteiger partial charge in [-0.25, -0.2) is 59.8 Å². The van der Waals surface area contributed by atoms with Gasteiger partial charge in [-0.3, -0.25) is 9.13 Å². The van der Waals surface area contributed by atoms with E-state index in [0.717, 1.165) is 54.6 Å². The van der Waals surface area contributed by atoms with Crippen molar-refractivity contribution in [3.8, 4) is 34.8 Å². The van der Waals surface area contributed by atoms with Crippen LogP contribution >= 0.6 is 0 Å². The first kappa shape index (κ1) is 30.3. The van der Waals surface area contributed by atoms with Crippen LogP contribution in [0.3, 0.4) is 0 Å². The lowest BCUT2D eigenvalue weighted by atomic mass is 10.1. The Morgan fingerprint density at radius 2 is 0.982 bits per heavy atom. The van der Waals surface area contributed by atoms with Gasteiger partial charge in [0.25, 0.3) is 0 Å². The van der Waals surface area contributed by atoms with Crippen molar-refractivity contribution < 1.29 is 0 Å². The second-order valence-corrected chi connectivity index (χ2v) is 13.4. The summed E-state index contributed by atoms with van der Waals surface area (Å²) in [5.41, 5.74) is 8.43. The van der Waals surface area contributed by atoms with E-state index in [4.69, 9.17) is 34.9 Å². The molecule has 9 heterocycles. The normalized spacial score (nSPS) is 12.1. The van der Waals surface area contributed by atoms with Crippen molar-refractivity contribution in [1.29, 1.82) is 0 Å². The highest BCUT2D eigenvalue weighted by atomic mass is 15.2. The van der Waals surface area contributed by atoms with Crippen molar-refractivity contribution >= 4 is 77.2 Å². The first-order valence-corrected chi connectivity index (χ1v) is 17.7. The third kappa shape index (κ3) is 4.28. The van der Waals surface area contributed by atoms with E-state index < -0.39 is 0 Å². The van der Waals surface area contributed by atoms with Crippen molar-refractivity contribution in [2.24, 2.45) is 14.1 Å². The highest BCUT2D eigenvalue weighted by Gasteiger charge is 2.24. The molecule has 0 saturated heterocycles. The zero-order chi connectivity index (χ0) is 37.1. The smallest absolute Gasteiger partial charge is 0.236 e. The van der Waals surface area contributed by atoms with E-state index in [2.05, 4.69) is 76.5 Å². The summed E-state index contributed by atoms with van der Waals surface area (Å²) in [6.07, 6.45) is 11.9. The molecule has 12 rings (SSSR count). The van der Waals surface area contributed by atoms with E-state index in [1.54, 1.807) is 43.6 Å². The Hall–Kier alpha value is -8.14. The number of benzene rings is 3. The Labute approximate surface area is 313 Å². The quantitative estimate of drug-likeness (QED) is 0.204. The minimum absolute atomic E-state index is 0.396. The fourth-order valence-electron chi connectivity index (χ4n) is 7.68. The van der Waals surface area contributed by atoms with Crippen LogP contribution in [-0.4, -0.2) is 78.1 Å². The number of nitrogens with zero attached hydrogens (tertiary/aromatic N) is 16. The lowest BCUT2D eigenvalue weighted by Crippen LogP contribution is -2.06. The molecule has 0 spiro atoms. The largest absolute Gasteiger partial charge is 0.331 e. The van der Waals surface area contributed by atoms with Gasteiger partial charge in [0.2, 0.25) is 5.95 Å². The molecule has 0 aliphatic carbocycles. The molecule has 0 aliphatic rings. The van der Waals surface area contributed by atoms with Crippen LogP contribution in [0, 0.1) is 0 Å². The molecule has 16 nitrogen and oxygen atoms in total. The van der Waals surface area contributed by atoms with Crippen LogP contribution < -0.4 is 0 Å². The van der Waals surface area contributed by atoms with Crippen LogP contribution in [0.2, 0.25) is 0 Å². The summed E-state index contributed by atoms with van der Waals surface area (Å²) in [7, 11) is 3.82. The lowest BCUT2D eigenvalue weighted by Gasteiger charge is -2.11. The van der Waals surface area contributed by atoms with Crippen molar-refractivity contribution in [2.75, 3.05) is 0 Å². The van der Waals surface area contributed by atoms with Crippen LogP contribution in [0.5, 0.6) is 0 Å². The van der Waals surface area contributed by atoms with Gasteiger partial charge in [0, 0.05) is 48.0 Å². The van der Waals surface area contributed by atoms with E-state index in [0.29, 0.717) is 57.4 Å². The number of aryl methyl sites for hydroxylation is 2. The first-order valence-electron chi connectivity index (χ1n) is 17.7. The van der Waals surface area contributed by atoms with Crippen molar-refractivity contribution in [3.63, 3.8) is 0 Å². The average molecular weight is 729 g/mol. The first-order chi connectivity index (χ1) is 27.6. The third-order valence-electron chi connectivity index (χ3n) is 10.2. The van der Waals surface area contributed by atoms with Crippen LogP contribution in [0.25, 0.3) is 112 Å². The number of aromatic nitrogens is 16. The zero-order valence-electron chi connectivity index (χ0n) is 29.5. The molecule has 0 amide bonds. The molecule has 9 aromatic heterocycles. The number of imidazole rings is 2. The SMILES string of the molecule is Cn1cnc2nc(-c3cc(-c4ncc5c(ncn5C)n4)nc(-n4c5ccccc5c5c6c7ccccc7n(-c7cnc8nccnc8n7)c6ccc54)n3)ncc21. The van der Waals surface area contributed by atoms with Gasteiger partial charge in [0.1, 0.15) is 22.4 Å². The minimum atomic E-state index is 0.396. The second-order valence-electron chi connectivity index (χ2n) is 13.4. The third-order valence-corrected chi connectivity index (χ3v) is 10.2. The molecular weight excluding hydrogens is 705 g/mol. The van der Waals surface area contributed by atoms with Crippen LogP contribution in [-0.2, 0) is 14.1 Å². The Bertz CT molecular complexity index is 3500. The highest BCUT2D eigenvalue weighted by molar-refractivity contribution is 6.28. The number of hydrogen-bond acceptors (Lipinski definition) is 12. The van der Waals surface area contributed by atoms with Gasteiger partial charge in [0.05, 0.1) is 53.3 Å². The number of rotatable bonds is 4. The monoisotopic (exact) mass is 728 g/mol. The predicted octanol–water partition coefficient (Wildman–Crippen LogP) is 6.09. The summed E-state index contributed by atoms with van der Waals surface area (Å²) in [6, 6.07) is 22.6. The zero-order valence-corrected chi connectivity index (χ0v) is 29.5. The van der Waals surface area contributed by atoms with Gasteiger partial charge in [-0.15, -0.1) is 0 Å². The number of para-hydroxylation sites is 2. The van der Waals surface area contributed by atoms with Crippen molar-refractivity contribution in [2.45, 2.75) is 0 Å². The molecule has 3 aromatic carbocycles. The Morgan fingerprint density at radius 3 is 1.61 bits per heavy atom. The second kappa shape index (κ2) is 11.2. The maximum Gasteiger partial charge on any atom is 0.236 e. The van der Waals surface area contributed by atoms with E-state index in [1.165, 1.54) is 0 Å². The molecule has 0 unspecified atom stereocenters. The Balaban J connectivity index is 1.15. The van der Waals surface area contributed by atoms with E-state index in [-0.39, 0.29) is 0 Å². The molecule has 264 valence electrons. The van der Waals surface area contributed by atoms with Crippen LogP contribution in [0.4, 0.5) is 0 Å². The number of hydrogen-bond donors (Lipinski definition) is 0. The molecule has 0 N–H and O–H groups in total. The maximum atomic E-state index is 5.16. The molecule has 16 heteroatoms. The van der Waals surface area contributed by atoms with Crippen LogP contribution in [0.1, 0.15) is 0 Å². The van der Waals surface area contributed by atoms with E-state index in [9.17, 15) is 0 Å². The molecule has 0 saturated carbocycles. The average Bonchev–Trinajstić information content (AvgIpc) is 4.00. The Morgan fingerprint density at radius 1 is 0.429 bits per heavy atom. The van der Waals surface area contributed by atoms with E-state index in [1.807, 2.05) is 47.5 Å². The van der Waals surface area contributed by atoms with Crippen molar-refractivity contribution in [1.82, 2.24) is 78.1 Å². The summed E-state index contributed by atoms with van der Waals surface area (Å²) < 4.78 is 7.96. The van der Waals surface area contributed by atoms with Gasteiger partial charge < -0.3 is 9.13 Å². The molecule has 0 aliphatic heterocycles. The van der Waals surface area contributed by atoms with Gasteiger partial charge >= 0.3 is 0 Å². The summed E-state index contributed by atoms with van der Waals surface area (Å²) in [5.74, 6) is 1.84. The highest BCUT2D eigenvalue weighted by Crippen LogP contribution is 2.42. The van der Waals surface area contributed by atoms with Crippen molar-refractivity contribution in [3.05, 3.63) is 110 Å². The fourth-order valence-corrected chi connectivity index (χ4v) is 7.68. The Kier molecular flexibility index (Phi) is 6.06. The fraction of sp³-hybridized carbons (Fsp3) is 0.0500. The predicted molar refractivity (Wildman–Crippen MR) is 210 cm³/mol. The van der Waals surface area contributed by atoms with Gasteiger partial charge in [-0.2, -0.15) is 0 Å². The molecule has 56 heavy (non-hydrogen) atoms. The standard InChI is InChI=1S/C40H24N16/c1-53-19-46-36-29(53)16-43-34(51-36)23-15-24(35-44-17-30-37(52-35)47-20-54(30)2)49-40(48-23)56-26-10-6-4-8-22(26)33-28(56)12-11-27-32(33)21-7-3-5-9-25(21)55(27)31-18-45-38-39(50-31)42-14-13-41-38/h3-20H,1-2H3. The number of fused-ring (bicyclic) bond motifs is 10. The topological polar surface area (TPSA) is 174 Å². The molecular formula is C40H24N16. The molecule has 0 atom stereocenters. The minimum Gasteiger partial charge on any atom is -0.331 e. The van der Waals surface area contributed by atoms with Crippen LogP contribution in [0.15, 0.2) is 110 Å².